The van der Waals surface area contributed by atoms with Gasteiger partial charge in [-0.15, -0.1) is 0 Å². The van der Waals surface area contributed by atoms with E-state index >= 15 is 0 Å². The molecule has 264 valence electrons. The highest BCUT2D eigenvalue weighted by molar-refractivity contribution is 6.24. The van der Waals surface area contributed by atoms with E-state index < -0.39 is 5.60 Å². The van der Waals surface area contributed by atoms with E-state index in [0.29, 0.717) is 11.8 Å². The van der Waals surface area contributed by atoms with Crippen LogP contribution in [0.4, 0.5) is 0 Å². The van der Waals surface area contributed by atoms with Gasteiger partial charge in [0.15, 0.2) is 0 Å². The molecule has 3 heterocycles. The average molecular weight is 696 g/mol. The van der Waals surface area contributed by atoms with Crippen LogP contribution in [0.1, 0.15) is 66.5 Å². The van der Waals surface area contributed by atoms with Gasteiger partial charge in [-0.25, -0.2) is 9.98 Å². The maximum absolute atomic E-state index is 6.45. The summed E-state index contributed by atoms with van der Waals surface area (Å²) >= 11 is 0. The SMILES string of the molecule is CC1(C)N=C(c2cccc(-c3ccc4c5c6ccccc6c(-c6cccc(C7=NC(C)(C)C(C)(C)O7)c6)cc5n(-c5ccccc5)c4c3)c2)OC1(C)C. The molecule has 5 heteroatoms. The van der Waals surface area contributed by atoms with Gasteiger partial charge in [0.05, 0.1) is 22.1 Å². The summed E-state index contributed by atoms with van der Waals surface area (Å²) in [4.78, 5) is 10.0. The number of aliphatic imine (C=N–C) groups is 2. The highest BCUT2D eigenvalue weighted by Gasteiger charge is 2.46. The van der Waals surface area contributed by atoms with Crippen LogP contribution >= 0.6 is 0 Å². The molecule has 53 heavy (non-hydrogen) atoms. The van der Waals surface area contributed by atoms with Crippen LogP contribution in [-0.2, 0) is 9.47 Å². The minimum atomic E-state index is -0.396. The summed E-state index contributed by atoms with van der Waals surface area (Å²) in [5.41, 5.74) is 8.53. The van der Waals surface area contributed by atoms with Gasteiger partial charge in [-0.2, -0.15) is 0 Å². The molecule has 0 N–H and O–H groups in total. The second-order valence-corrected chi connectivity index (χ2v) is 16.6. The Morgan fingerprint density at radius 3 is 1.57 bits per heavy atom. The first-order valence-corrected chi connectivity index (χ1v) is 18.6. The summed E-state index contributed by atoms with van der Waals surface area (Å²) in [6.07, 6.45) is 0. The minimum Gasteiger partial charge on any atom is -0.469 e. The number of fused-ring (bicyclic) bond motifs is 5. The Labute approximate surface area is 311 Å². The largest absolute Gasteiger partial charge is 0.469 e. The van der Waals surface area contributed by atoms with Crippen molar-refractivity contribution in [2.75, 3.05) is 0 Å². The lowest BCUT2D eigenvalue weighted by atomic mass is 9.87. The zero-order chi connectivity index (χ0) is 36.9. The van der Waals surface area contributed by atoms with Gasteiger partial charge in [0.2, 0.25) is 11.8 Å². The smallest absolute Gasteiger partial charge is 0.217 e. The maximum Gasteiger partial charge on any atom is 0.217 e. The minimum absolute atomic E-state index is 0.316. The summed E-state index contributed by atoms with van der Waals surface area (Å²) < 4.78 is 15.3. The van der Waals surface area contributed by atoms with Crippen molar-refractivity contribution in [2.24, 2.45) is 9.98 Å². The molecular weight excluding hydrogens is 651 g/mol. The molecule has 0 radical (unpaired) electrons. The zero-order valence-corrected chi connectivity index (χ0v) is 31.8. The van der Waals surface area contributed by atoms with Crippen LogP contribution < -0.4 is 0 Å². The van der Waals surface area contributed by atoms with Gasteiger partial charge >= 0.3 is 0 Å². The molecule has 0 fully saturated rings. The van der Waals surface area contributed by atoms with E-state index in [4.69, 9.17) is 19.5 Å². The van der Waals surface area contributed by atoms with E-state index in [-0.39, 0.29) is 16.7 Å². The first kappa shape index (κ1) is 33.2. The second-order valence-electron chi connectivity index (χ2n) is 16.6. The molecule has 0 saturated heterocycles. The molecular formula is C48H45N3O2. The molecule has 0 saturated carbocycles. The van der Waals surface area contributed by atoms with Crippen LogP contribution in [-0.4, -0.2) is 38.6 Å². The van der Waals surface area contributed by atoms with Crippen molar-refractivity contribution in [3.8, 4) is 27.9 Å². The van der Waals surface area contributed by atoms with Gasteiger partial charge in [-0.05, 0) is 137 Å². The first-order valence-electron chi connectivity index (χ1n) is 18.6. The standard InChI is InChI=1S/C48H45N3O2/c1-45(2)47(5,6)52-43(49-45)33-18-14-16-30(26-33)31-24-25-38-40(28-31)51(35-20-10-9-11-21-35)41-29-39(36-22-12-13-23-37(36)42(38)41)32-17-15-19-34(27-32)44-50-46(3,4)48(7,8)53-44/h9-29H,1-8H3. The summed E-state index contributed by atoms with van der Waals surface area (Å²) in [6.45, 7) is 17.0. The van der Waals surface area contributed by atoms with Gasteiger partial charge in [0.25, 0.3) is 0 Å². The van der Waals surface area contributed by atoms with E-state index in [9.17, 15) is 0 Å². The Morgan fingerprint density at radius 1 is 0.434 bits per heavy atom. The highest BCUT2D eigenvalue weighted by atomic mass is 16.5. The van der Waals surface area contributed by atoms with Crippen molar-refractivity contribution in [2.45, 2.75) is 77.7 Å². The van der Waals surface area contributed by atoms with E-state index in [1.165, 1.54) is 27.1 Å². The summed E-state index contributed by atoms with van der Waals surface area (Å²) in [5, 5.41) is 4.88. The lowest BCUT2D eigenvalue weighted by Gasteiger charge is -2.30. The molecule has 9 rings (SSSR count). The number of hydrogen-bond acceptors (Lipinski definition) is 4. The van der Waals surface area contributed by atoms with Gasteiger partial charge in [-0.3, -0.25) is 0 Å². The van der Waals surface area contributed by atoms with Crippen LogP contribution in [0.15, 0.2) is 137 Å². The fraction of sp³-hybridized carbons (Fsp3) is 0.250. The van der Waals surface area contributed by atoms with Crippen LogP contribution in [0.2, 0.25) is 0 Å². The average Bonchev–Trinajstić information content (AvgIpc) is 3.68. The molecule has 1 aromatic heterocycles. The molecule has 0 spiro atoms. The van der Waals surface area contributed by atoms with E-state index in [2.05, 4.69) is 187 Å². The van der Waals surface area contributed by atoms with Crippen molar-refractivity contribution in [3.63, 3.8) is 0 Å². The van der Waals surface area contributed by atoms with Gasteiger partial charge in [0, 0.05) is 27.6 Å². The predicted molar refractivity (Wildman–Crippen MR) is 221 cm³/mol. The molecule has 0 atom stereocenters. The Balaban J connectivity index is 1.25. The van der Waals surface area contributed by atoms with Crippen LogP contribution in [0.5, 0.6) is 0 Å². The molecule has 7 aromatic rings. The third-order valence-electron chi connectivity index (χ3n) is 12.1. The molecule has 2 aliphatic rings. The zero-order valence-electron chi connectivity index (χ0n) is 31.8. The summed E-state index contributed by atoms with van der Waals surface area (Å²) in [6, 6.07) is 45.9. The fourth-order valence-electron chi connectivity index (χ4n) is 7.61. The van der Waals surface area contributed by atoms with Gasteiger partial charge < -0.3 is 14.0 Å². The Morgan fingerprint density at radius 2 is 0.962 bits per heavy atom. The second kappa shape index (κ2) is 11.4. The van der Waals surface area contributed by atoms with Crippen LogP contribution in [0.3, 0.4) is 0 Å². The summed E-state index contributed by atoms with van der Waals surface area (Å²) in [7, 11) is 0. The first-order chi connectivity index (χ1) is 25.2. The van der Waals surface area contributed by atoms with Crippen molar-refractivity contribution in [1.29, 1.82) is 0 Å². The van der Waals surface area contributed by atoms with Crippen molar-refractivity contribution in [3.05, 3.63) is 139 Å². The van der Waals surface area contributed by atoms with Crippen molar-refractivity contribution >= 4 is 44.4 Å². The molecule has 5 nitrogen and oxygen atoms in total. The van der Waals surface area contributed by atoms with E-state index in [1.54, 1.807) is 0 Å². The lowest BCUT2D eigenvalue weighted by molar-refractivity contribution is 0.0618. The number of benzene rings is 6. The molecule has 0 aliphatic carbocycles. The number of nitrogens with zero attached hydrogens (tertiary/aromatic N) is 3. The number of aromatic nitrogens is 1. The number of para-hydroxylation sites is 1. The molecule has 0 bridgehead atoms. The van der Waals surface area contributed by atoms with Crippen LogP contribution in [0.25, 0.3) is 60.5 Å². The maximum atomic E-state index is 6.45. The Kier molecular flexibility index (Phi) is 7.14. The van der Waals surface area contributed by atoms with E-state index in [0.717, 1.165) is 44.5 Å². The molecule has 0 unspecified atom stereocenters. The monoisotopic (exact) mass is 695 g/mol. The number of hydrogen-bond donors (Lipinski definition) is 0. The fourth-order valence-corrected chi connectivity index (χ4v) is 7.61. The van der Waals surface area contributed by atoms with Crippen molar-refractivity contribution < 1.29 is 9.47 Å². The molecule has 6 aromatic carbocycles. The lowest BCUT2D eigenvalue weighted by Crippen LogP contribution is -2.41. The third kappa shape index (κ3) is 5.20. The third-order valence-corrected chi connectivity index (χ3v) is 12.1. The molecule has 0 amide bonds. The Bertz CT molecular complexity index is 2670. The molecule has 2 aliphatic heterocycles. The number of ether oxygens (including phenoxy) is 2. The topological polar surface area (TPSA) is 48.1 Å². The Hall–Kier alpha value is -5.68. The normalized spacial score (nSPS) is 18.2. The summed E-state index contributed by atoms with van der Waals surface area (Å²) in [5.74, 6) is 1.39. The van der Waals surface area contributed by atoms with Crippen molar-refractivity contribution in [1.82, 2.24) is 4.57 Å². The van der Waals surface area contributed by atoms with Crippen LogP contribution in [0, 0.1) is 0 Å². The van der Waals surface area contributed by atoms with E-state index in [1.807, 2.05) is 0 Å². The number of rotatable bonds is 5. The van der Waals surface area contributed by atoms with Gasteiger partial charge in [-0.1, -0.05) is 78.9 Å². The van der Waals surface area contributed by atoms with Gasteiger partial charge in [0.1, 0.15) is 11.2 Å². The quantitative estimate of drug-likeness (QED) is 0.180. The highest BCUT2D eigenvalue weighted by Crippen LogP contribution is 2.44. The predicted octanol–water partition coefficient (Wildman–Crippen LogP) is 11.9.